The van der Waals surface area contributed by atoms with Gasteiger partial charge in [-0.25, -0.2) is 0 Å². The molecule has 2 aromatic rings. The summed E-state index contributed by atoms with van der Waals surface area (Å²) < 4.78 is 17.5. The van der Waals surface area contributed by atoms with E-state index in [1.165, 1.54) is 0 Å². The number of ether oxygens (including phenoxy) is 3. The van der Waals surface area contributed by atoms with E-state index in [1.807, 2.05) is 48.5 Å². The minimum Gasteiger partial charge on any atom is -0.488 e. The fraction of sp³-hybridized carbons (Fsp3) is 0.300. The first-order valence-electron chi connectivity index (χ1n) is 8.06. The van der Waals surface area contributed by atoms with Gasteiger partial charge in [-0.2, -0.15) is 0 Å². The molecule has 0 radical (unpaired) electrons. The zero-order valence-corrected chi connectivity index (χ0v) is 13.2. The van der Waals surface area contributed by atoms with Crippen molar-refractivity contribution in [3.63, 3.8) is 0 Å². The Balaban J connectivity index is 1.69. The molecule has 0 saturated carbocycles. The van der Waals surface area contributed by atoms with Crippen LogP contribution >= 0.6 is 0 Å². The largest absolute Gasteiger partial charge is 0.488 e. The minimum absolute atomic E-state index is 0.152. The fourth-order valence-electron chi connectivity index (χ4n) is 2.57. The summed E-state index contributed by atoms with van der Waals surface area (Å²) in [5.74, 6) is 1.54. The molecule has 2 aromatic carbocycles. The second kappa shape index (κ2) is 7.84. The van der Waals surface area contributed by atoms with Crippen molar-refractivity contribution < 1.29 is 14.2 Å². The van der Waals surface area contributed by atoms with Gasteiger partial charge in [0.25, 0.3) is 0 Å². The van der Waals surface area contributed by atoms with E-state index in [9.17, 15) is 0 Å². The molecule has 1 unspecified atom stereocenters. The second-order valence-corrected chi connectivity index (χ2v) is 5.59. The van der Waals surface area contributed by atoms with Crippen molar-refractivity contribution in [3.05, 3.63) is 66.2 Å². The number of hydrogen-bond acceptors (Lipinski definition) is 3. The van der Waals surface area contributed by atoms with Gasteiger partial charge in [-0.3, -0.25) is 0 Å². The number of hydrogen-bond donors (Lipinski definition) is 0. The molecule has 0 spiro atoms. The van der Waals surface area contributed by atoms with Crippen LogP contribution < -0.4 is 9.47 Å². The molecular formula is C20H22O3. The van der Waals surface area contributed by atoms with Crippen molar-refractivity contribution in [1.29, 1.82) is 0 Å². The van der Waals surface area contributed by atoms with E-state index in [0.29, 0.717) is 6.61 Å². The molecule has 0 amide bonds. The molecule has 1 heterocycles. The van der Waals surface area contributed by atoms with E-state index >= 15 is 0 Å². The molecule has 1 aliphatic rings. The van der Waals surface area contributed by atoms with E-state index < -0.39 is 0 Å². The van der Waals surface area contributed by atoms with Crippen LogP contribution in [-0.4, -0.2) is 12.9 Å². The third-order valence-corrected chi connectivity index (χ3v) is 3.85. The lowest BCUT2D eigenvalue weighted by molar-refractivity contribution is -0.105. The normalized spacial score (nSPS) is 17.5. The smallest absolute Gasteiger partial charge is 0.199 e. The highest BCUT2D eigenvalue weighted by Gasteiger charge is 2.16. The van der Waals surface area contributed by atoms with Crippen LogP contribution in [0.2, 0.25) is 0 Å². The summed E-state index contributed by atoms with van der Waals surface area (Å²) in [6.07, 6.45) is 4.83. The maximum atomic E-state index is 5.95. The molecule has 120 valence electrons. The first-order valence-corrected chi connectivity index (χ1v) is 8.06. The summed E-state index contributed by atoms with van der Waals surface area (Å²) in [4.78, 5) is 0. The van der Waals surface area contributed by atoms with Gasteiger partial charge in [-0.05, 0) is 30.5 Å². The summed E-state index contributed by atoms with van der Waals surface area (Å²) >= 11 is 0. The van der Waals surface area contributed by atoms with E-state index in [4.69, 9.17) is 14.2 Å². The Morgan fingerprint density at radius 2 is 2.00 bits per heavy atom. The topological polar surface area (TPSA) is 27.7 Å². The van der Waals surface area contributed by atoms with Gasteiger partial charge < -0.3 is 14.2 Å². The van der Waals surface area contributed by atoms with Gasteiger partial charge in [0, 0.05) is 18.1 Å². The fourth-order valence-corrected chi connectivity index (χ4v) is 2.57. The van der Waals surface area contributed by atoms with Crippen LogP contribution in [0, 0.1) is 0 Å². The molecular weight excluding hydrogens is 288 g/mol. The quantitative estimate of drug-likeness (QED) is 0.766. The molecule has 3 nitrogen and oxygen atoms in total. The summed E-state index contributed by atoms with van der Waals surface area (Å²) in [5.41, 5.74) is 2.09. The average Bonchev–Trinajstić information content (AvgIpc) is 2.62. The first-order chi connectivity index (χ1) is 11.3. The lowest BCUT2D eigenvalue weighted by Gasteiger charge is -2.23. The van der Waals surface area contributed by atoms with Gasteiger partial charge in [0.1, 0.15) is 18.1 Å². The monoisotopic (exact) mass is 310 g/mol. The van der Waals surface area contributed by atoms with Crippen LogP contribution in [-0.2, 0) is 11.3 Å². The Morgan fingerprint density at radius 3 is 2.74 bits per heavy atom. The third-order valence-electron chi connectivity index (χ3n) is 3.85. The van der Waals surface area contributed by atoms with Crippen LogP contribution in [0.1, 0.15) is 30.4 Å². The van der Waals surface area contributed by atoms with E-state index in [1.54, 1.807) is 6.08 Å². The van der Waals surface area contributed by atoms with Crippen molar-refractivity contribution in [1.82, 2.24) is 0 Å². The molecule has 1 aliphatic heterocycles. The van der Waals surface area contributed by atoms with Crippen molar-refractivity contribution in [2.45, 2.75) is 32.2 Å². The number of rotatable bonds is 6. The first kappa shape index (κ1) is 15.6. The zero-order valence-electron chi connectivity index (χ0n) is 13.2. The lowest BCUT2D eigenvalue weighted by atomic mass is 10.2. The van der Waals surface area contributed by atoms with Gasteiger partial charge in [0.05, 0.1) is 6.61 Å². The molecule has 0 aromatic heterocycles. The SMILES string of the molecule is C=Cc1ccc(OC2CCCCO2)cc1OCc1ccccc1. The maximum absolute atomic E-state index is 5.95. The standard InChI is InChI=1S/C20H22O3/c1-2-17-11-12-18(23-20-10-6-7-13-21-20)14-19(17)22-15-16-8-4-3-5-9-16/h2-5,8-9,11-12,14,20H,1,6-7,10,13,15H2. The molecule has 1 saturated heterocycles. The van der Waals surface area contributed by atoms with Gasteiger partial charge in [0.2, 0.25) is 0 Å². The Morgan fingerprint density at radius 1 is 1.13 bits per heavy atom. The maximum Gasteiger partial charge on any atom is 0.199 e. The molecule has 0 aliphatic carbocycles. The number of benzene rings is 2. The Bertz CT molecular complexity index is 631. The zero-order chi connectivity index (χ0) is 15.9. The highest BCUT2D eigenvalue weighted by molar-refractivity contribution is 5.57. The van der Waals surface area contributed by atoms with E-state index in [-0.39, 0.29) is 6.29 Å². The lowest BCUT2D eigenvalue weighted by Crippen LogP contribution is -2.24. The van der Waals surface area contributed by atoms with Gasteiger partial charge in [-0.15, -0.1) is 0 Å². The van der Waals surface area contributed by atoms with Crippen LogP contribution in [0.15, 0.2) is 55.1 Å². The van der Waals surface area contributed by atoms with Crippen LogP contribution in [0.25, 0.3) is 6.08 Å². The van der Waals surface area contributed by atoms with Crippen molar-refractivity contribution in [2.24, 2.45) is 0 Å². The van der Waals surface area contributed by atoms with Crippen molar-refractivity contribution in [2.75, 3.05) is 6.61 Å². The predicted octanol–water partition coefficient (Wildman–Crippen LogP) is 4.81. The van der Waals surface area contributed by atoms with Gasteiger partial charge in [-0.1, -0.05) is 43.0 Å². The molecule has 3 rings (SSSR count). The molecule has 1 fully saturated rings. The minimum atomic E-state index is -0.152. The molecule has 0 N–H and O–H groups in total. The van der Waals surface area contributed by atoms with Crippen LogP contribution in [0.3, 0.4) is 0 Å². The van der Waals surface area contributed by atoms with E-state index in [2.05, 4.69) is 6.58 Å². The van der Waals surface area contributed by atoms with Crippen LogP contribution in [0.5, 0.6) is 11.5 Å². The van der Waals surface area contributed by atoms with Gasteiger partial charge in [0.15, 0.2) is 6.29 Å². The molecule has 3 heteroatoms. The molecule has 1 atom stereocenters. The predicted molar refractivity (Wildman–Crippen MR) is 91.5 cm³/mol. The second-order valence-electron chi connectivity index (χ2n) is 5.59. The van der Waals surface area contributed by atoms with Gasteiger partial charge >= 0.3 is 0 Å². The summed E-state index contributed by atoms with van der Waals surface area (Å²) in [6, 6.07) is 15.9. The third kappa shape index (κ3) is 4.36. The van der Waals surface area contributed by atoms with Crippen molar-refractivity contribution >= 4 is 6.08 Å². The van der Waals surface area contributed by atoms with Crippen molar-refractivity contribution in [3.8, 4) is 11.5 Å². The summed E-state index contributed by atoms with van der Waals surface area (Å²) in [5, 5.41) is 0. The molecule has 0 bridgehead atoms. The average molecular weight is 310 g/mol. The Hall–Kier alpha value is -2.26. The highest BCUT2D eigenvalue weighted by Crippen LogP contribution is 2.28. The summed E-state index contributed by atoms with van der Waals surface area (Å²) in [6.45, 7) is 5.14. The highest BCUT2D eigenvalue weighted by atomic mass is 16.7. The Labute approximate surface area is 137 Å². The molecule has 23 heavy (non-hydrogen) atoms. The Kier molecular flexibility index (Phi) is 5.33. The summed E-state index contributed by atoms with van der Waals surface area (Å²) in [7, 11) is 0. The van der Waals surface area contributed by atoms with Crippen LogP contribution in [0.4, 0.5) is 0 Å². The van der Waals surface area contributed by atoms with E-state index in [0.717, 1.165) is 48.5 Å².